The molecule has 0 unspecified atom stereocenters. The van der Waals surface area contributed by atoms with Crippen molar-refractivity contribution in [1.82, 2.24) is 5.32 Å². The van der Waals surface area contributed by atoms with Gasteiger partial charge in [0.05, 0.1) is 12.5 Å². The van der Waals surface area contributed by atoms with Gasteiger partial charge in [0, 0.05) is 6.04 Å². The maximum Gasteiger partial charge on any atom is 0.222 e. The quantitative estimate of drug-likeness (QED) is 0.574. The first kappa shape index (κ1) is 8.53. The van der Waals surface area contributed by atoms with E-state index in [2.05, 4.69) is 5.32 Å². The topological polar surface area (TPSA) is 49.3 Å². The van der Waals surface area contributed by atoms with Gasteiger partial charge in [-0.2, -0.15) is 0 Å². The van der Waals surface area contributed by atoms with Crippen molar-refractivity contribution < 1.29 is 9.90 Å². The van der Waals surface area contributed by atoms with Crippen molar-refractivity contribution in [1.29, 1.82) is 0 Å². The van der Waals surface area contributed by atoms with Crippen LogP contribution in [0.5, 0.6) is 0 Å². The molecule has 0 aromatic heterocycles. The Morgan fingerprint density at radius 3 is 2.73 bits per heavy atom. The number of amides is 1. The molecule has 1 rings (SSSR count). The van der Waals surface area contributed by atoms with E-state index in [0.717, 1.165) is 0 Å². The Morgan fingerprint density at radius 1 is 1.64 bits per heavy atom. The van der Waals surface area contributed by atoms with Crippen LogP contribution in [0.15, 0.2) is 0 Å². The fourth-order valence-corrected chi connectivity index (χ4v) is 1.35. The largest absolute Gasteiger partial charge is 0.393 e. The lowest BCUT2D eigenvalue weighted by Crippen LogP contribution is -2.46. The summed E-state index contributed by atoms with van der Waals surface area (Å²) >= 11 is 0. The van der Waals surface area contributed by atoms with Crippen LogP contribution in [0, 0.1) is 5.92 Å². The lowest BCUT2D eigenvalue weighted by atomic mass is 9.93. The van der Waals surface area contributed by atoms with E-state index in [1.807, 2.05) is 13.8 Å². The number of hydrogen-bond donors (Lipinski definition) is 2. The zero-order valence-electron chi connectivity index (χ0n) is 7.00. The second-order valence-corrected chi connectivity index (χ2v) is 3.51. The molecule has 0 aromatic carbocycles. The molecule has 0 aromatic rings. The molecule has 2 N–H and O–H groups in total. The Labute approximate surface area is 66.8 Å². The highest BCUT2D eigenvalue weighted by molar-refractivity contribution is 5.77. The van der Waals surface area contributed by atoms with Gasteiger partial charge in [-0.25, -0.2) is 0 Å². The molecule has 1 fully saturated rings. The molecule has 1 saturated heterocycles. The van der Waals surface area contributed by atoms with Crippen molar-refractivity contribution in [3.05, 3.63) is 0 Å². The highest BCUT2D eigenvalue weighted by atomic mass is 16.3. The van der Waals surface area contributed by atoms with Gasteiger partial charge in [-0.15, -0.1) is 0 Å². The molecule has 2 atom stereocenters. The van der Waals surface area contributed by atoms with E-state index in [9.17, 15) is 9.90 Å². The molecule has 1 aliphatic rings. The van der Waals surface area contributed by atoms with Crippen molar-refractivity contribution in [3.8, 4) is 0 Å². The summed E-state index contributed by atoms with van der Waals surface area (Å²) in [6.07, 6.45) is 0.531. The monoisotopic (exact) mass is 157 g/mol. The van der Waals surface area contributed by atoms with Crippen LogP contribution < -0.4 is 5.32 Å². The first-order valence-corrected chi connectivity index (χ1v) is 4.07. The number of hydrogen-bond acceptors (Lipinski definition) is 2. The normalized spacial score (nSPS) is 32.2. The predicted octanol–water partition coefficient (Wildman–Crippen LogP) is 0.282. The standard InChI is InChI=1S/C8H15NO2/c1-5(2)7-3-6(10)4-8(11)9-7/h5-7,10H,3-4H2,1-2H3,(H,9,11)/t6-,7-/m1/s1. The number of rotatable bonds is 1. The van der Waals surface area contributed by atoms with Crippen LogP contribution in [-0.2, 0) is 4.79 Å². The summed E-state index contributed by atoms with van der Waals surface area (Å²) in [6.45, 7) is 4.09. The zero-order valence-corrected chi connectivity index (χ0v) is 7.00. The fraction of sp³-hybridized carbons (Fsp3) is 0.875. The SMILES string of the molecule is CC(C)[C@H]1C[C@@H](O)CC(=O)N1. The van der Waals surface area contributed by atoms with Crippen LogP contribution in [0.2, 0.25) is 0 Å². The van der Waals surface area contributed by atoms with Gasteiger partial charge in [0.1, 0.15) is 0 Å². The number of aliphatic hydroxyl groups excluding tert-OH is 1. The average Bonchev–Trinajstić information content (AvgIpc) is 1.85. The summed E-state index contributed by atoms with van der Waals surface area (Å²) in [6, 6.07) is 0.159. The lowest BCUT2D eigenvalue weighted by molar-refractivity contribution is -0.127. The van der Waals surface area contributed by atoms with Gasteiger partial charge >= 0.3 is 0 Å². The summed E-state index contributed by atoms with van der Waals surface area (Å²) in [7, 11) is 0. The summed E-state index contributed by atoms with van der Waals surface area (Å²) < 4.78 is 0. The van der Waals surface area contributed by atoms with Gasteiger partial charge in [0.15, 0.2) is 0 Å². The maximum absolute atomic E-state index is 10.9. The van der Waals surface area contributed by atoms with Crippen molar-refractivity contribution >= 4 is 5.91 Å². The van der Waals surface area contributed by atoms with E-state index in [-0.39, 0.29) is 18.4 Å². The number of carbonyl (C=O) groups excluding carboxylic acids is 1. The van der Waals surface area contributed by atoms with Gasteiger partial charge in [-0.1, -0.05) is 13.8 Å². The second kappa shape index (κ2) is 3.22. The Bertz CT molecular complexity index is 156. The molecular formula is C8H15NO2. The van der Waals surface area contributed by atoms with Crippen LogP contribution in [-0.4, -0.2) is 23.2 Å². The molecule has 0 aliphatic carbocycles. The van der Waals surface area contributed by atoms with E-state index < -0.39 is 6.10 Å². The van der Waals surface area contributed by atoms with Crippen molar-refractivity contribution in [2.45, 2.75) is 38.8 Å². The second-order valence-electron chi connectivity index (χ2n) is 3.51. The molecule has 3 nitrogen and oxygen atoms in total. The molecule has 0 bridgehead atoms. The third-order valence-corrected chi connectivity index (χ3v) is 2.10. The minimum atomic E-state index is -0.434. The molecule has 3 heteroatoms. The first-order chi connectivity index (χ1) is 5.09. The average molecular weight is 157 g/mol. The van der Waals surface area contributed by atoms with Crippen molar-refractivity contribution in [3.63, 3.8) is 0 Å². The Kier molecular flexibility index (Phi) is 2.49. The maximum atomic E-state index is 10.9. The molecule has 0 spiro atoms. The summed E-state index contributed by atoms with van der Waals surface area (Å²) in [5.74, 6) is 0.386. The molecule has 1 amide bonds. The summed E-state index contributed by atoms with van der Waals surface area (Å²) in [5, 5.41) is 12.1. The fourth-order valence-electron chi connectivity index (χ4n) is 1.35. The van der Waals surface area contributed by atoms with Crippen LogP contribution in [0.4, 0.5) is 0 Å². The van der Waals surface area contributed by atoms with E-state index in [1.54, 1.807) is 0 Å². The third-order valence-electron chi connectivity index (χ3n) is 2.10. The highest BCUT2D eigenvalue weighted by Gasteiger charge is 2.26. The summed E-state index contributed by atoms with van der Waals surface area (Å²) in [4.78, 5) is 10.9. The van der Waals surface area contributed by atoms with Crippen LogP contribution in [0.3, 0.4) is 0 Å². The third kappa shape index (κ3) is 2.19. The molecule has 0 saturated carbocycles. The molecule has 0 radical (unpaired) electrons. The van der Waals surface area contributed by atoms with E-state index in [4.69, 9.17) is 0 Å². The van der Waals surface area contributed by atoms with Gasteiger partial charge in [-0.3, -0.25) is 4.79 Å². The van der Waals surface area contributed by atoms with E-state index in [1.165, 1.54) is 0 Å². The van der Waals surface area contributed by atoms with Crippen LogP contribution >= 0.6 is 0 Å². The highest BCUT2D eigenvalue weighted by Crippen LogP contribution is 2.15. The van der Waals surface area contributed by atoms with Crippen molar-refractivity contribution in [2.24, 2.45) is 5.92 Å². The molecule has 11 heavy (non-hydrogen) atoms. The Balaban J connectivity index is 2.49. The van der Waals surface area contributed by atoms with Crippen molar-refractivity contribution in [2.75, 3.05) is 0 Å². The predicted molar refractivity (Wildman–Crippen MR) is 42.0 cm³/mol. The lowest BCUT2D eigenvalue weighted by Gasteiger charge is -2.29. The number of nitrogens with one attached hydrogen (secondary N) is 1. The minimum Gasteiger partial charge on any atom is -0.393 e. The van der Waals surface area contributed by atoms with Gasteiger partial charge in [0.2, 0.25) is 5.91 Å². The molecular weight excluding hydrogens is 142 g/mol. The molecule has 1 aliphatic heterocycles. The van der Waals surface area contributed by atoms with Gasteiger partial charge < -0.3 is 10.4 Å². The number of aliphatic hydroxyl groups is 1. The van der Waals surface area contributed by atoms with E-state index >= 15 is 0 Å². The van der Waals surface area contributed by atoms with E-state index in [0.29, 0.717) is 12.3 Å². The smallest absolute Gasteiger partial charge is 0.222 e. The summed E-state index contributed by atoms with van der Waals surface area (Å²) in [5.41, 5.74) is 0. The van der Waals surface area contributed by atoms with Gasteiger partial charge in [0.25, 0.3) is 0 Å². The van der Waals surface area contributed by atoms with Crippen LogP contribution in [0.1, 0.15) is 26.7 Å². The molecule has 1 heterocycles. The van der Waals surface area contributed by atoms with Crippen LogP contribution in [0.25, 0.3) is 0 Å². The zero-order chi connectivity index (χ0) is 8.43. The first-order valence-electron chi connectivity index (χ1n) is 4.07. The van der Waals surface area contributed by atoms with Gasteiger partial charge in [-0.05, 0) is 12.3 Å². The minimum absolute atomic E-state index is 0.0255. The number of piperidine rings is 1. The number of carbonyl (C=O) groups is 1. The molecule has 64 valence electrons. The Morgan fingerprint density at radius 2 is 2.27 bits per heavy atom. The Hall–Kier alpha value is -0.570.